The molecule has 184 valence electrons. The topological polar surface area (TPSA) is 142 Å². The molecule has 1 aliphatic rings. The summed E-state index contributed by atoms with van der Waals surface area (Å²) in [7, 11) is 1.47. The number of carboxylic acid groups (broad SMARTS) is 1. The zero-order valence-corrected chi connectivity index (χ0v) is 20.6. The largest absolute Gasteiger partial charge is 0.481 e. The number of oxime groups is 1. The summed E-state index contributed by atoms with van der Waals surface area (Å²) in [6.07, 6.45) is 6.17. The lowest BCUT2D eigenvalue weighted by Crippen LogP contribution is -2.43. The van der Waals surface area contributed by atoms with Gasteiger partial charge in [-0.25, -0.2) is 19.7 Å². The van der Waals surface area contributed by atoms with Gasteiger partial charge in [0.1, 0.15) is 7.11 Å². The third kappa shape index (κ3) is 5.32. The molecule has 1 aliphatic heterocycles. The fourth-order valence-electron chi connectivity index (χ4n) is 3.83. The maximum absolute atomic E-state index is 11.9. The summed E-state index contributed by atoms with van der Waals surface area (Å²) in [5.41, 5.74) is 2.42. The molecule has 3 heterocycles. The van der Waals surface area contributed by atoms with Crippen molar-refractivity contribution in [1.29, 1.82) is 0 Å². The molecule has 35 heavy (non-hydrogen) atoms. The van der Waals surface area contributed by atoms with Crippen LogP contribution in [0.1, 0.15) is 32.3 Å². The number of rotatable bonds is 7. The molecule has 12 heteroatoms. The van der Waals surface area contributed by atoms with Gasteiger partial charge in [-0.3, -0.25) is 10.1 Å². The van der Waals surface area contributed by atoms with Crippen LogP contribution in [0, 0.1) is 5.41 Å². The third-order valence-electron chi connectivity index (χ3n) is 6.01. The minimum Gasteiger partial charge on any atom is -0.481 e. The molecular formula is C23H27N7O4S. The van der Waals surface area contributed by atoms with Crippen LogP contribution in [-0.4, -0.2) is 65.0 Å². The Balaban J connectivity index is 1.59. The second-order valence-electron chi connectivity index (χ2n) is 8.46. The van der Waals surface area contributed by atoms with Gasteiger partial charge < -0.3 is 20.2 Å². The van der Waals surface area contributed by atoms with Gasteiger partial charge >= 0.3 is 12.0 Å². The standard InChI is InChI=1S/C23H27N7O4S/c1-4-24-21(33)29-22-28-17-10-14(9-15(13-27-34-3)18(17)35-22)16-11-25-20(26-12-16)30-7-5-23(2,6-8-30)19(31)32/h9-13H,4-8H2,1-3H3,(H,31,32)(H2,24,28,29,33). The fraction of sp³-hybridized carbons (Fsp3) is 0.391. The smallest absolute Gasteiger partial charge is 0.321 e. The number of nitrogens with one attached hydrogen (secondary N) is 2. The molecule has 3 aromatic rings. The van der Waals surface area contributed by atoms with Crippen LogP contribution < -0.4 is 15.5 Å². The Morgan fingerprint density at radius 3 is 2.60 bits per heavy atom. The average Bonchev–Trinajstić information content (AvgIpc) is 3.25. The number of carbonyl (C=O) groups is 2. The van der Waals surface area contributed by atoms with Gasteiger partial charge in [-0.1, -0.05) is 16.5 Å². The molecule has 0 radical (unpaired) electrons. The molecule has 1 fully saturated rings. The van der Waals surface area contributed by atoms with Gasteiger partial charge in [0.2, 0.25) is 5.95 Å². The Morgan fingerprint density at radius 2 is 1.97 bits per heavy atom. The number of benzene rings is 1. The van der Waals surface area contributed by atoms with Gasteiger partial charge in [-0.05, 0) is 44.4 Å². The Morgan fingerprint density at radius 1 is 1.26 bits per heavy atom. The normalized spacial score (nSPS) is 15.3. The number of fused-ring (bicyclic) bond motifs is 1. The van der Waals surface area contributed by atoms with Gasteiger partial charge in [-0.15, -0.1) is 0 Å². The van der Waals surface area contributed by atoms with Crippen LogP contribution in [0.15, 0.2) is 29.7 Å². The zero-order valence-electron chi connectivity index (χ0n) is 19.7. The number of thiazole rings is 1. The summed E-state index contributed by atoms with van der Waals surface area (Å²) in [4.78, 5) is 43.9. The van der Waals surface area contributed by atoms with E-state index in [0.717, 1.165) is 21.4 Å². The maximum Gasteiger partial charge on any atom is 0.321 e. The first kappa shape index (κ1) is 24.3. The molecule has 4 rings (SSSR count). The number of carbonyl (C=O) groups excluding carboxylic acids is 1. The number of hydrogen-bond donors (Lipinski definition) is 3. The molecule has 1 aromatic carbocycles. The molecule has 0 spiro atoms. The molecule has 1 saturated heterocycles. The van der Waals surface area contributed by atoms with E-state index >= 15 is 0 Å². The number of hydrogen-bond acceptors (Lipinski definition) is 9. The summed E-state index contributed by atoms with van der Waals surface area (Å²) < 4.78 is 0.855. The highest BCUT2D eigenvalue weighted by molar-refractivity contribution is 7.22. The number of aliphatic carboxylic acids is 1. The summed E-state index contributed by atoms with van der Waals surface area (Å²) in [5, 5.41) is 19.2. The van der Waals surface area contributed by atoms with Crippen molar-refractivity contribution in [3.05, 3.63) is 30.1 Å². The number of anilines is 2. The van der Waals surface area contributed by atoms with Crippen LogP contribution in [0.3, 0.4) is 0 Å². The molecule has 0 aliphatic carbocycles. The van der Waals surface area contributed by atoms with E-state index < -0.39 is 11.4 Å². The van der Waals surface area contributed by atoms with E-state index in [4.69, 9.17) is 4.84 Å². The minimum atomic E-state index is -0.761. The van der Waals surface area contributed by atoms with Crippen LogP contribution in [0.2, 0.25) is 0 Å². The highest BCUT2D eigenvalue weighted by atomic mass is 32.1. The summed E-state index contributed by atoms with van der Waals surface area (Å²) in [6.45, 7) is 5.32. The van der Waals surface area contributed by atoms with E-state index in [9.17, 15) is 14.7 Å². The van der Waals surface area contributed by atoms with Crippen molar-refractivity contribution in [3.63, 3.8) is 0 Å². The first-order valence-electron chi connectivity index (χ1n) is 11.2. The predicted molar refractivity (Wildman–Crippen MR) is 135 cm³/mol. The van der Waals surface area contributed by atoms with E-state index in [1.165, 1.54) is 18.4 Å². The fourth-order valence-corrected chi connectivity index (χ4v) is 4.75. The zero-order chi connectivity index (χ0) is 25.0. The molecular weight excluding hydrogens is 470 g/mol. The molecule has 0 unspecified atom stereocenters. The summed E-state index contributed by atoms with van der Waals surface area (Å²) in [6, 6.07) is 3.54. The van der Waals surface area contributed by atoms with Crippen molar-refractivity contribution >= 4 is 50.8 Å². The van der Waals surface area contributed by atoms with Crippen molar-refractivity contribution in [1.82, 2.24) is 20.3 Å². The number of nitrogens with zero attached hydrogens (tertiary/aromatic N) is 5. The molecule has 3 N–H and O–H groups in total. The van der Waals surface area contributed by atoms with Crippen molar-refractivity contribution in [2.75, 3.05) is 37.0 Å². The lowest BCUT2D eigenvalue weighted by Gasteiger charge is -2.36. The summed E-state index contributed by atoms with van der Waals surface area (Å²) in [5.74, 6) is -0.187. The third-order valence-corrected chi connectivity index (χ3v) is 7.05. The van der Waals surface area contributed by atoms with Crippen LogP contribution in [0.5, 0.6) is 0 Å². The molecule has 0 saturated carbocycles. The first-order valence-corrected chi connectivity index (χ1v) is 12.0. The number of amides is 2. The van der Waals surface area contributed by atoms with Crippen LogP contribution >= 0.6 is 11.3 Å². The van der Waals surface area contributed by atoms with Gasteiger partial charge in [0, 0.05) is 43.2 Å². The number of piperidine rings is 1. The van der Waals surface area contributed by atoms with Gasteiger partial charge in [0.05, 0.1) is 21.8 Å². The number of aromatic nitrogens is 3. The maximum atomic E-state index is 11.9. The van der Waals surface area contributed by atoms with Crippen molar-refractivity contribution in [3.8, 4) is 11.1 Å². The molecule has 0 bridgehead atoms. The number of urea groups is 1. The van der Waals surface area contributed by atoms with E-state index in [1.807, 2.05) is 24.0 Å². The van der Waals surface area contributed by atoms with Crippen molar-refractivity contribution < 1.29 is 19.5 Å². The second-order valence-corrected chi connectivity index (χ2v) is 9.46. The van der Waals surface area contributed by atoms with Crippen molar-refractivity contribution in [2.45, 2.75) is 26.7 Å². The molecule has 2 amide bonds. The number of carboxylic acids is 1. The monoisotopic (exact) mass is 497 g/mol. The Hall–Kier alpha value is -3.80. The molecule has 2 aromatic heterocycles. The van der Waals surface area contributed by atoms with Gasteiger partial charge in [0.25, 0.3) is 0 Å². The van der Waals surface area contributed by atoms with Crippen LogP contribution in [0.4, 0.5) is 15.9 Å². The van der Waals surface area contributed by atoms with E-state index in [2.05, 4.69) is 30.7 Å². The second kappa shape index (κ2) is 10.2. The Kier molecular flexibility index (Phi) is 7.10. The predicted octanol–water partition coefficient (Wildman–Crippen LogP) is 3.57. The average molecular weight is 498 g/mol. The lowest BCUT2D eigenvalue weighted by atomic mass is 9.80. The van der Waals surface area contributed by atoms with Crippen LogP contribution in [-0.2, 0) is 9.63 Å². The van der Waals surface area contributed by atoms with Crippen LogP contribution in [0.25, 0.3) is 21.3 Å². The van der Waals surface area contributed by atoms with Gasteiger partial charge in [0.15, 0.2) is 5.13 Å². The Labute approximate surface area is 206 Å². The molecule has 0 atom stereocenters. The summed E-state index contributed by atoms with van der Waals surface area (Å²) >= 11 is 1.35. The Bertz CT molecular complexity index is 1250. The highest BCUT2D eigenvalue weighted by Crippen LogP contribution is 2.34. The van der Waals surface area contributed by atoms with E-state index in [0.29, 0.717) is 49.1 Å². The SMILES string of the molecule is CCNC(=O)Nc1nc2cc(-c3cnc(N4CCC(C)(C(=O)O)CC4)nc3)cc(C=NOC)c2s1. The van der Waals surface area contributed by atoms with E-state index in [1.54, 1.807) is 25.5 Å². The molecule has 11 nitrogen and oxygen atoms in total. The quantitative estimate of drug-likeness (QED) is 0.332. The van der Waals surface area contributed by atoms with E-state index in [-0.39, 0.29) is 6.03 Å². The highest BCUT2D eigenvalue weighted by Gasteiger charge is 2.37. The minimum absolute atomic E-state index is 0.316. The van der Waals surface area contributed by atoms with Gasteiger partial charge in [-0.2, -0.15) is 0 Å². The lowest BCUT2D eigenvalue weighted by molar-refractivity contribution is -0.149. The van der Waals surface area contributed by atoms with Crippen molar-refractivity contribution in [2.24, 2.45) is 10.6 Å². The first-order chi connectivity index (χ1) is 16.8.